The summed E-state index contributed by atoms with van der Waals surface area (Å²) in [7, 11) is 0. The predicted octanol–water partition coefficient (Wildman–Crippen LogP) is 9.86. The van der Waals surface area contributed by atoms with Gasteiger partial charge in [-0.1, -0.05) is 162 Å². The molecule has 0 heterocycles. The standard InChI is InChI=1S/2C9H12.C8H10.C7H8/c2*1-8(2)9-6-4-3-5-7-9;1-2-8-6-4-3-5-7-8;1-7-5-3-2-4-6-7/h2*3-8H,1-2H3;3-7H,2H2,1H3;2-6H,1H3. The van der Waals surface area contributed by atoms with Gasteiger partial charge >= 0.3 is 0 Å². The largest absolute Gasteiger partial charge is 0.0622 e. The zero-order valence-corrected chi connectivity index (χ0v) is 21.4. The summed E-state index contributed by atoms with van der Waals surface area (Å²) in [6.07, 6.45) is 1.14. The van der Waals surface area contributed by atoms with Gasteiger partial charge in [-0.15, -0.1) is 0 Å². The van der Waals surface area contributed by atoms with Crippen LogP contribution in [-0.4, -0.2) is 0 Å². The minimum atomic E-state index is 0.659. The van der Waals surface area contributed by atoms with Crippen LogP contribution in [-0.2, 0) is 6.42 Å². The van der Waals surface area contributed by atoms with Gasteiger partial charge < -0.3 is 0 Å². The van der Waals surface area contributed by atoms with Gasteiger partial charge in [0.2, 0.25) is 0 Å². The third-order valence-corrected chi connectivity index (χ3v) is 5.12. The Balaban J connectivity index is 0.000000221. The zero-order valence-electron chi connectivity index (χ0n) is 21.4. The van der Waals surface area contributed by atoms with Crippen LogP contribution in [0.15, 0.2) is 121 Å². The first-order valence-corrected chi connectivity index (χ1v) is 12.1. The zero-order chi connectivity index (χ0) is 24.3. The fraction of sp³-hybridized carbons (Fsp3) is 0.273. The van der Waals surface area contributed by atoms with Crippen LogP contribution in [0, 0.1) is 6.92 Å². The highest BCUT2D eigenvalue weighted by Gasteiger charge is 1.94. The average Bonchev–Trinajstić information content (AvgIpc) is 2.87. The quantitative estimate of drug-likeness (QED) is 0.298. The van der Waals surface area contributed by atoms with E-state index in [1.54, 1.807) is 0 Å². The molecule has 0 fully saturated rings. The molecule has 0 saturated heterocycles. The topological polar surface area (TPSA) is 0 Å². The van der Waals surface area contributed by atoms with Gasteiger partial charge in [-0.05, 0) is 41.9 Å². The van der Waals surface area contributed by atoms with Gasteiger partial charge in [-0.2, -0.15) is 0 Å². The van der Waals surface area contributed by atoms with Crippen LogP contribution in [0.3, 0.4) is 0 Å². The molecule has 4 aromatic carbocycles. The third kappa shape index (κ3) is 13.8. The van der Waals surface area contributed by atoms with E-state index < -0.39 is 0 Å². The molecule has 0 radical (unpaired) electrons. The van der Waals surface area contributed by atoms with Crippen LogP contribution in [0.1, 0.15) is 68.7 Å². The molecule has 174 valence electrons. The lowest BCUT2D eigenvalue weighted by Gasteiger charge is -2.01. The Hall–Kier alpha value is -3.12. The van der Waals surface area contributed by atoms with Gasteiger partial charge in [0.15, 0.2) is 0 Å². The maximum absolute atomic E-state index is 2.20. The second kappa shape index (κ2) is 17.4. The Labute approximate surface area is 203 Å². The van der Waals surface area contributed by atoms with Gasteiger partial charge in [0.1, 0.15) is 0 Å². The maximum Gasteiger partial charge on any atom is -0.0219 e. The van der Waals surface area contributed by atoms with E-state index in [0.29, 0.717) is 11.8 Å². The molecule has 0 spiro atoms. The summed E-state index contributed by atoms with van der Waals surface area (Å²) >= 11 is 0. The van der Waals surface area contributed by atoms with E-state index in [1.807, 2.05) is 36.4 Å². The van der Waals surface area contributed by atoms with Crippen molar-refractivity contribution >= 4 is 0 Å². The highest BCUT2D eigenvalue weighted by Crippen LogP contribution is 2.12. The molecule has 33 heavy (non-hydrogen) atoms. The lowest BCUT2D eigenvalue weighted by molar-refractivity contribution is 0.867. The summed E-state index contributed by atoms with van der Waals surface area (Å²) in [5.74, 6) is 1.32. The van der Waals surface area contributed by atoms with Crippen LogP contribution in [0.2, 0.25) is 0 Å². The first kappa shape index (κ1) is 27.9. The molecule has 0 aromatic heterocycles. The summed E-state index contributed by atoms with van der Waals surface area (Å²) in [4.78, 5) is 0. The minimum absolute atomic E-state index is 0.659. The Kier molecular flexibility index (Phi) is 14.7. The van der Waals surface area contributed by atoms with Crippen LogP contribution in [0.4, 0.5) is 0 Å². The molecule has 4 rings (SSSR count). The molecule has 0 amide bonds. The maximum atomic E-state index is 2.20. The highest BCUT2D eigenvalue weighted by molar-refractivity contribution is 5.18. The molecule has 0 heteroatoms. The smallest absolute Gasteiger partial charge is 0.0219 e. The van der Waals surface area contributed by atoms with Crippen LogP contribution >= 0.6 is 0 Å². The molecule has 0 aliphatic carbocycles. The van der Waals surface area contributed by atoms with Crippen molar-refractivity contribution in [2.75, 3.05) is 0 Å². The number of rotatable bonds is 3. The van der Waals surface area contributed by atoms with Crippen molar-refractivity contribution in [1.82, 2.24) is 0 Å². The minimum Gasteiger partial charge on any atom is -0.0622 e. The van der Waals surface area contributed by atoms with E-state index >= 15 is 0 Å². The lowest BCUT2D eigenvalue weighted by atomic mass is 10.0. The third-order valence-electron chi connectivity index (χ3n) is 5.12. The van der Waals surface area contributed by atoms with Crippen molar-refractivity contribution < 1.29 is 0 Å². The summed E-state index contributed by atoms with van der Waals surface area (Å²) in [6.45, 7) is 13.1. The summed E-state index contributed by atoms with van der Waals surface area (Å²) in [5.41, 5.74) is 5.56. The van der Waals surface area contributed by atoms with Crippen LogP contribution in [0.5, 0.6) is 0 Å². The number of hydrogen-bond acceptors (Lipinski definition) is 0. The average molecular weight is 439 g/mol. The molecular formula is C33H42. The Morgan fingerprint density at radius 1 is 0.455 bits per heavy atom. The molecule has 4 aromatic rings. The van der Waals surface area contributed by atoms with Gasteiger partial charge in [0, 0.05) is 0 Å². The summed E-state index contributed by atoms with van der Waals surface area (Å²) in [6, 6.07) is 41.8. The normalized spacial score (nSPS) is 9.58. The predicted molar refractivity (Wildman–Crippen MR) is 148 cm³/mol. The monoisotopic (exact) mass is 438 g/mol. The van der Waals surface area contributed by atoms with Gasteiger partial charge in [0.05, 0.1) is 0 Å². The molecule has 0 aliphatic rings. The molecule has 0 aliphatic heterocycles. The van der Waals surface area contributed by atoms with Crippen molar-refractivity contribution in [1.29, 1.82) is 0 Å². The van der Waals surface area contributed by atoms with E-state index in [-0.39, 0.29) is 0 Å². The first-order chi connectivity index (χ1) is 15.9. The fourth-order valence-corrected chi connectivity index (χ4v) is 2.92. The van der Waals surface area contributed by atoms with Gasteiger partial charge in [-0.25, -0.2) is 0 Å². The van der Waals surface area contributed by atoms with Crippen molar-refractivity contribution in [2.24, 2.45) is 0 Å². The molecule has 0 saturated carbocycles. The number of benzene rings is 4. The number of aryl methyl sites for hydroxylation is 2. The first-order valence-electron chi connectivity index (χ1n) is 12.1. The van der Waals surface area contributed by atoms with Crippen LogP contribution in [0.25, 0.3) is 0 Å². The molecule has 0 unspecified atom stereocenters. The molecule has 0 N–H and O–H groups in total. The summed E-state index contributed by atoms with van der Waals surface area (Å²) < 4.78 is 0. The van der Waals surface area contributed by atoms with Gasteiger partial charge in [0.25, 0.3) is 0 Å². The van der Waals surface area contributed by atoms with E-state index in [1.165, 1.54) is 22.3 Å². The van der Waals surface area contributed by atoms with E-state index in [2.05, 4.69) is 126 Å². The van der Waals surface area contributed by atoms with Gasteiger partial charge in [-0.3, -0.25) is 0 Å². The summed E-state index contributed by atoms with van der Waals surface area (Å²) in [5, 5.41) is 0. The van der Waals surface area contributed by atoms with Crippen molar-refractivity contribution in [3.05, 3.63) is 144 Å². The van der Waals surface area contributed by atoms with Crippen molar-refractivity contribution in [2.45, 2.75) is 59.8 Å². The van der Waals surface area contributed by atoms with E-state index in [9.17, 15) is 0 Å². The molecule has 0 atom stereocenters. The molecular weight excluding hydrogens is 396 g/mol. The Bertz CT molecular complexity index is 881. The van der Waals surface area contributed by atoms with Crippen molar-refractivity contribution in [3.63, 3.8) is 0 Å². The second-order valence-corrected chi connectivity index (χ2v) is 8.62. The van der Waals surface area contributed by atoms with E-state index in [4.69, 9.17) is 0 Å². The van der Waals surface area contributed by atoms with E-state index in [0.717, 1.165) is 6.42 Å². The lowest BCUT2D eigenvalue weighted by Crippen LogP contribution is -1.83. The Morgan fingerprint density at radius 2 is 0.758 bits per heavy atom. The molecule has 0 bridgehead atoms. The second-order valence-electron chi connectivity index (χ2n) is 8.62. The molecule has 0 nitrogen and oxygen atoms in total. The fourth-order valence-electron chi connectivity index (χ4n) is 2.92. The highest BCUT2D eigenvalue weighted by atomic mass is 14.0. The SMILES string of the molecule is CC(C)c1ccccc1.CC(C)c1ccccc1.CCc1ccccc1.Cc1ccccc1. The Morgan fingerprint density at radius 3 is 0.939 bits per heavy atom. The van der Waals surface area contributed by atoms with Crippen molar-refractivity contribution in [3.8, 4) is 0 Å². The number of hydrogen-bond donors (Lipinski definition) is 0. The van der Waals surface area contributed by atoms with Crippen LogP contribution < -0.4 is 0 Å².